The lowest BCUT2D eigenvalue weighted by atomic mass is 9.86. The van der Waals surface area contributed by atoms with Crippen molar-refractivity contribution in [3.05, 3.63) is 108 Å². The average molecular weight is 663 g/mol. The van der Waals surface area contributed by atoms with E-state index >= 15 is 0 Å². The van der Waals surface area contributed by atoms with E-state index in [4.69, 9.17) is 33.7 Å². The van der Waals surface area contributed by atoms with Crippen LogP contribution >= 0.6 is 0 Å². The maximum atomic E-state index is 6.62. The molecule has 1 saturated carbocycles. The van der Waals surface area contributed by atoms with Crippen molar-refractivity contribution in [1.29, 1.82) is 0 Å². The van der Waals surface area contributed by atoms with Crippen LogP contribution in [0, 0.1) is 5.92 Å². The van der Waals surface area contributed by atoms with E-state index in [1.807, 2.05) is 79.1 Å². The van der Waals surface area contributed by atoms with Crippen molar-refractivity contribution in [2.24, 2.45) is 5.92 Å². The third-order valence-electron chi connectivity index (χ3n) is 9.81. The zero-order valence-electron chi connectivity index (χ0n) is 28.4. The van der Waals surface area contributed by atoms with Crippen LogP contribution in [0.15, 0.2) is 97.3 Å². The van der Waals surface area contributed by atoms with Crippen LogP contribution < -0.4 is 14.4 Å². The SMILES string of the molecule is COC(OC)C1CCC(OC2CCN(c3cccc4c3ncn4-c3ccc(OCc4ccccc4)nc3OCc3ccccc3)CC2)CC1. The zero-order valence-corrected chi connectivity index (χ0v) is 28.4. The molecule has 5 aromatic rings. The van der Waals surface area contributed by atoms with E-state index in [9.17, 15) is 0 Å². The molecular weight excluding hydrogens is 616 g/mol. The molecule has 0 atom stereocenters. The summed E-state index contributed by atoms with van der Waals surface area (Å²) < 4.78 is 32.1. The maximum absolute atomic E-state index is 6.62. The van der Waals surface area contributed by atoms with Gasteiger partial charge in [0, 0.05) is 39.3 Å². The van der Waals surface area contributed by atoms with Gasteiger partial charge in [-0.3, -0.25) is 4.57 Å². The van der Waals surface area contributed by atoms with Crippen LogP contribution in [0.25, 0.3) is 16.7 Å². The molecule has 9 nitrogen and oxygen atoms in total. The summed E-state index contributed by atoms with van der Waals surface area (Å²) in [4.78, 5) is 12.2. The van der Waals surface area contributed by atoms with E-state index in [2.05, 4.69) is 27.7 Å². The Labute approximate surface area is 288 Å². The predicted molar refractivity (Wildman–Crippen MR) is 190 cm³/mol. The molecule has 0 bridgehead atoms. The first-order valence-electron chi connectivity index (χ1n) is 17.5. The molecule has 49 heavy (non-hydrogen) atoms. The lowest BCUT2D eigenvalue weighted by Crippen LogP contribution is -2.40. The Morgan fingerprint density at radius 3 is 2.00 bits per heavy atom. The zero-order chi connectivity index (χ0) is 33.4. The Kier molecular flexibility index (Phi) is 10.7. The number of hydrogen-bond acceptors (Lipinski definition) is 8. The maximum Gasteiger partial charge on any atom is 0.242 e. The van der Waals surface area contributed by atoms with Crippen molar-refractivity contribution in [2.45, 2.75) is 70.2 Å². The van der Waals surface area contributed by atoms with E-state index in [0.717, 1.165) is 85.1 Å². The second kappa shape index (κ2) is 15.8. The number of aromatic nitrogens is 3. The Balaban J connectivity index is 1.05. The first-order chi connectivity index (χ1) is 24.2. The van der Waals surface area contributed by atoms with Crippen molar-refractivity contribution < 1.29 is 23.7 Å². The highest BCUT2D eigenvalue weighted by molar-refractivity contribution is 5.90. The number of imidazole rings is 1. The smallest absolute Gasteiger partial charge is 0.242 e. The molecule has 0 N–H and O–H groups in total. The largest absolute Gasteiger partial charge is 0.473 e. The first-order valence-corrected chi connectivity index (χ1v) is 17.5. The van der Waals surface area contributed by atoms with Crippen LogP contribution in [0.4, 0.5) is 5.69 Å². The van der Waals surface area contributed by atoms with Gasteiger partial charge in [-0.25, -0.2) is 4.98 Å². The van der Waals surface area contributed by atoms with Crippen LogP contribution in [0.1, 0.15) is 49.7 Å². The predicted octanol–water partition coefficient (Wildman–Crippen LogP) is 7.74. The van der Waals surface area contributed by atoms with Crippen molar-refractivity contribution >= 4 is 16.7 Å². The standard InChI is InChI=1S/C40H46N4O5/c1-45-40(46-2)31-16-18-32(19-17-31)49-33-22-24-43(25-23-33)34-14-9-15-35-38(34)41-28-44(35)36-20-21-37(47-26-29-10-5-3-6-11-29)42-39(36)48-27-30-12-7-4-8-13-30/h3-15,20-21,28,31-33,40H,16-19,22-27H2,1-2H3. The second-order valence-electron chi connectivity index (χ2n) is 13.0. The van der Waals surface area contributed by atoms with E-state index < -0.39 is 0 Å². The number of fused-ring (bicyclic) bond motifs is 1. The summed E-state index contributed by atoms with van der Waals surface area (Å²) in [5, 5.41) is 0. The van der Waals surface area contributed by atoms with Gasteiger partial charge in [0.25, 0.3) is 0 Å². The minimum atomic E-state index is -0.113. The molecule has 1 aliphatic carbocycles. The molecule has 0 unspecified atom stereocenters. The van der Waals surface area contributed by atoms with Gasteiger partial charge in [-0.05, 0) is 67.9 Å². The number of ether oxygens (including phenoxy) is 5. The fourth-order valence-corrected chi connectivity index (χ4v) is 7.20. The number of para-hydroxylation sites is 1. The number of benzene rings is 3. The lowest BCUT2D eigenvalue weighted by molar-refractivity contribution is -0.153. The summed E-state index contributed by atoms with van der Waals surface area (Å²) in [6, 6.07) is 30.5. The quantitative estimate of drug-likeness (QED) is 0.119. The number of nitrogens with zero attached hydrogens (tertiary/aromatic N) is 4. The van der Waals surface area contributed by atoms with Gasteiger partial charge < -0.3 is 28.6 Å². The molecule has 256 valence electrons. The normalized spacial score (nSPS) is 18.6. The van der Waals surface area contributed by atoms with Crippen LogP contribution in [0.3, 0.4) is 0 Å². The Bertz CT molecular complexity index is 1760. The molecule has 1 aliphatic heterocycles. The molecule has 0 spiro atoms. The summed E-state index contributed by atoms with van der Waals surface area (Å²) in [5.74, 6) is 1.45. The molecule has 0 radical (unpaired) electrons. The number of piperidine rings is 1. The van der Waals surface area contributed by atoms with Gasteiger partial charge in [0.2, 0.25) is 11.8 Å². The van der Waals surface area contributed by atoms with Gasteiger partial charge in [-0.15, -0.1) is 0 Å². The molecule has 9 heteroatoms. The van der Waals surface area contributed by atoms with Crippen molar-refractivity contribution in [3.63, 3.8) is 0 Å². The highest BCUT2D eigenvalue weighted by atomic mass is 16.7. The van der Waals surface area contributed by atoms with Crippen LogP contribution in [0.5, 0.6) is 11.8 Å². The molecule has 3 aromatic carbocycles. The molecule has 2 fully saturated rings. The van der Waals surface area contributed by atoms with E-state index in [0.29, 0.717) is 37.0 Å². The fraction of sp³-hybridized carbons (Fsp3) is 0.400. The minimum Gasteiger partial charge on any atom is -0.473 e. The van der Waals surface area contributed by atoms with Gasteiger partial charge in [0.15, 0.2) is 6.29 Å². The van der Waals surface area contributed by atoms with Crippen LogP contribution in [-0.2, 0) is 27.4 Å². The third-order valence-corrected chi connectivity index (χ3v) is 9.81. The molecular formula is C40H46N4O5. The number of pyridine rings is 1. The van der Waals surface area contributed by atoms with Crippen molar-refractivity contribution in [1.82, 2.24) is 14.5 Å². The number of hydrogen-bond donors (Lipinski definition) is 0. The number of methoxy groups -OCH3 is 2. The molecule has 7 rings (SSSR count). The van der Waals surface area contributed by atoms with Gasteiger partial charge >= 0.3 is 0 Å². The van der Waals surface area contributed by atoms with Crippen molar-refractivity contribution in [3.8, 4) is 17.4 Å². The molecule has 2 aromatic heterocycles. The number of anilines is 1. The van der Waals surface area contributed by atoms with Gasteiger partial charge in [-0.1, -0.05) is 66.7 Å². The minimum absolute atomic E-state index is 0.113. The highest BCUT2D eigenvalue weighted by Gasteiger charge is 2.31. The van der Waals surface area contributed by atoms with E-state index in [1.54, 1.807) is 14.2 Å². The monoisotopic (exact) mass is 662 g/mol. The topological polar surface area (TPSA) is 80.1 Å². The fourth-order valence-electron chi connectivity index (χ4n) is 7.20. The summed E-state index contributed by atoms with van der Waals surface area (Å²) in [5.41, 5.74) is 6.06. The number of rotatable bonds is 13. The summed E-state index contributed by atoms with van der Waals surface area (Å²) in [7, 11) is 3.46. The Morgan fingerprint density at radius 1 is 0.673 bits per heavy atom. The van der Waals surface area contributed by atoms with Crippen molar-refractivity contribution in [2.75, 3.05) is 32.2 Å². The summed E-state index contributed by atoms with van der Waals surface area (Å²) >= 11 is 0. The summed E-state index contributed by atoms with van der Waals surface area (Å²) in [6.07, 6.45) is 8.66. The van der Waals surface area contributed by atoms with Gasteiger partial charge in [0.05, 0.1) is 23.4 Å². The van der Waals surface area contributed by atoms with Crippen LogP contribution in [-0.4, -0.2) is 60.3 Å². The van der Waals surface area contributed by atoms with Gasteiger partial charge in [-0.2, -0.15) is 4.98 Å². The molecule has 3 heterocycles. The lowest BCUT2D eigenvalue weighted by Gasteiger charge is -2.37. The first kappa shape index (κ1) is 33.1. The Hall–Kier alpha value is -4.44. The van der Waals surface area contributed by atoms with Crippen LogP contribution in [0.2, 0.25) is 0 Å². The molecule has 1 saturated heterocycles. The van der Waals surface area contributed by atoms with E-state index in [1.165, 1.54) is 0 Å². The van der Waals surface area contributed by atoms with Gasteiger partial charge in [0.1, 0.15) is 30.7 Å². The highest BCUT2D eigenvalue weighted by Crippen LogP contribution is 2.35. The molecule has 2 aliphatic rings. The van der Waals surface area contributed by atoms with E-state index in [-0.39, 0.29) is 12.4 Å². The molecule has 0 amide bonds. The average Bonchev–Trinajstić information content (AvgIpc) is 3.60. The Morgan fingerprint density at radius 2 is 1.33 bits per heavy atom. The summed E-state index contributed by atoms with van der Waals surface area (Å²) in [6.45, 7) is 2.68. The third kappa shape index (κ3) is 7.90. The second-order valence-corrected chi connectivity index (χ2v) is 13.0.